The van der Waals surface area contributed by atoms with Gasteiger partial charge in [0.15, 0.2) is 0 Å². The zero-order valence-electron chi connectivity index (χ0n) is 17.8. The molecule has 0 heterocycles. The van der Waals surface area contributed by atoms with Gasteiger partial charge in [-0.15, -0.1) is 0 Å². The van der Waals surface area contributed by atoms with Crippen molar-refractivity contribution in [3.8, 4) is 0 Å². The summed E-state index contributed by atoms with van der Waals surface area (Å²) in [6, 6.07) is 0. The summed E-state index contributed by atoms with van der Waals surface area (Å²) in [5.41, 5.74) is 0. The predicted molar refractivity (Wildman–Crippen MR) is 103 cm³/mol. The zero-order chi connectivity index (χ0) is 23.9. The molecule has 0 fully saturated rings. The molecule has 0 aliphatic carbocycles. The fourth-order valence-corrected chi connectivity index (χ4v) is 0.563. The Kier molecular flexibility index (Phi) is 34.5. The molecule has 0 aliphatic rings. The molecule has 168 valence electrons. The largest absolute Gasteiger partial charge is 0.481 e. The minimum atomic E-state index is -0.833. The van der Waals surface area contributed by atoms with E-state index in [1.807, 2.05) is 20.8 Å². The van der Waals surface area contributed by atoms with E-state index < -0.39 is 29.8 Å². The van der Waals surface area contributed by atoms with Gasteiger partial charge >= 0.3 is 23.9 Å². The summed E-state index contributed by atoms with van der Waals surface area (Å²) in [5.74, 6) is -3.70. The second-order valence-electron chi connectivity index (χ2n) is 5.89. The fraction of sp³-hybridized carbons (Fsp3) is 0.722. The average molecular weight is 412 g/mol. The smallest absolute Gasteiger partial charge is 0.305 e. The maximum Gasteiger partial charge on any atom is 0.305 e. The summed E-state index contributed by atoms with van der Waals surface area (Å²) in [7, 11) is 0. The summed E-state index contributed by atoms with van der Waals surface area (Å²) in [6.07, 6.45) is 1.52. The number of hydrogen-bond donors (Lipinski definition) is 5. The molecular formula is C18H36O10. The third-order valence-electron chi connectivity index (χ3n) is 1.84. The highest BCUT2D eigenvalue weighted by molar-refractivity contribution is 5.68. The summed E-state index contributed by atoms with van der Waals surface area (Å²) in [6.45, 7) is 11.6. The number of rotatable bonds is 6. The molecular weight excluding hydrogens is 376 g/mol. The lowest BCUT2D eigenvalue weighted by molar-refractivity contribution is -0.141. The van der Waals surface area contributed by atoms with Crippen LogP contribution in [-0.2, 0) is 24.0 Å². The minimum absolute atomic E-state index is 0.222. The maximum absolute atomic E-state index is 9.81. The first kappa shape index (κ1) is 36.3. The van der Waals surface area contributed by atoms with Crippen LogP contribution in [0.3, 0.4) is 0 Å². The minimum Gasteiger partial charge on any atom is -0.481 e. The standard InChI is InChI=1S/C5H10O2.2C4H8O2.C3H6O2.C2H4O2/c1-4(2)3-5(6)7;1-3(2)4(5)6;1-2-3-4(5)6;1-2-3(4)5;1-2(3)4/h4H,3H2,1-2H3,(H,6,7);3H,1-2H3,(H,5,6);2-3H2,1H3,(H,5,6);2H2,1H3,(H,4,5);1H3,(H,3,4). The van der Waals surface area contributed by atoms with Crippen LogP contribution < -0.4 is 0 Å². The molecule has 0 bridgehead atoms. The van der Waals surface area contributed by atoms with Crippen LogP contribution in [0, 0.1) is 11.8 Å². The molecule has 0 radical (unpaired) electrons. The van der Waals surface area contributed by atoms with Gasteiger partial charge in [-0.05, 0) is 12.3 Å². The topological polar surface area (TPSA) is 186 Å². The van der Waals surface area contributed by atoms with Crippen molar-refractivity contribution >= 4 is 29.8 Å². The van der Waals surface area contributed by atoms with Crippen LogP contribution in [0.5, 0.6) is 0 Å². The zero-order valence-corrected chi connectivity index (χ0v) is 17.8. The van der Waals surface area contributed by atoms with Crippen LogP contribution in [0.4, 0.5) is 0 Å². The Labute approximate surface area is 166 Å². The van der Waals surface area contributed by atoms with Gasteiger partial charge in [0.2, 0.25) is 0 Å². The van der Waals surface area contributed by atoms with E-state index in [1.165, 1.54) is 0 Å². The predicted octanol–water partition coefficient (Wildman–Crippen LogP) is 3.29. The van der Waals surface area contributed by atoms with Gasteiger partial charge in [0, 0.05) is 26.2 Å². The van der Waals surface area contributed by atoms with Gasteiger partial charge in [-0.3, -0.25) is 24.0 Å². The van der Waals surface area contributed by atoms with Crippen molar-refractivity contribution < 1.29 is 49.5 Å². The first-order valence-electron chi connectivity index (χ1n) is 8.62. The van der Waals surface area contributed by atoms with E-state index in [0.29, 0.717) is 6.42 Å². The van der Waals surface area contributed by atoms with Crippen molar-refractivity contribution in [1.29, 1.82) is 0 Å². The van der Waals surface area contributed by atoms with Crippen molar-refractivity contribution in [2.75, 3.05) is 0 Å². The molecule has 0 saturated carbocycles. The SMILES string of the molecule is CC(=O)O.CC(C)C(=O)O.CC(C)CC(=O)O.CCC(=O)O.CCCC(=O)O. The quantitative estimate of drug-likeness (QED) is 0.433. The Morgan fingerprint density at radius 1 is 0.714 bits per heavy atom. The van der Waals surface area contributed by atoms with Crippen LogP contribution >= 0.6 is 0 Å². The van der Waals surface area contributed by atoms with Gasteiger partial charge in [0.05, 0.1) is 5.92 Å². The molecule has 0 aromatic carbocycles. The highest BCUT2D eigenvalue weighted by Crippen LogP contribution is 1.96. The number of aliphatic carboxylic acids is 5. The summed E-state index contributed by atoms with van der Waals surface area (Å²) < 4.78 is 0. The lowest BCUT2D eigenvalue weighted by atomic mass is 10.1. The lowest BCUT2D eigenvalue weighted by Crippen LogP contribution is -2.03. The van der Waals surface area contributed by atoms with Crippen molar-refractivity contribution in [3.05, 3.63) is 0 Å². The Morgan fingerprint density at radius 3 is 1.00 bits per heavy atom. The second-order valence-corrected chi connectivity index (χ2v) is 5.89. The average Bonchev–Trinajstić information content (AvgIpc) is 2.46. The van der Waals surface area contributed by atoms with E-state index in [1.54, 1.807) is 20.8 Å². The van der Waals surface area contributed by atoms with Crippen molar-refractivity contribution in [1.82, 2.24) is 0 Å². The number of carboxylic acid groups (broad SMARTS) is 5. The molecule has 0 spiro atoms. The van der Waals surface area contributed by atoms with Crippen LogP contribution in [0.1, 0.15) is 74.1 Å². The molecule has 0 unspecified atom stereocenters. The molecule has 0 aliphatic heterocycles. The van der Waals surface area contributed by atoms with E-state index in [9.17, 15) is 19.2 Å². The van der Waals surface area contributed by atoms with Gasteiger partial charge in [0.1, 0.15) is 0 Å². The molecule has 10 nitrogen and oxygen atoms in total. The Bertz CT molecular complexity index is 424. The highest BCUT2D eigenvalue weighted by atomic mass is 16.4. The van der Waals surface area contributed by atoms with Gasteiger partial charge < -0.3 is 25.5 Å². The van der Waals surface area contributed by atoms with Crippen LogP contribution in [0.2, 0.25) is 0 Å². The lowest BCUT2D eigenvalue weighted by Gasteiger charge is -1.94. The van der Waals surface area contributed by atoms with Crippen LogP contribution in [0.25, 0.3) is 0 Å². The molecule has 0 saturated heterocycles. The number of carbonyl (C=O) groups is 5. The van der Waals surface area contributed by atoms with E-state index >= 15 is 0 Å². The van der Waals surface area contributed by atoms with E-state index in [4.69, 9.17) is 30.3 Å². The van der Waals surface area contributed by atoms with Crippen LogP contribution in [-0.4, -0.2) is 55.4 Å². The second kappa shape index (κ2) is 26.6. The molecule has 10 heteroatoms. The third-order valence-corrected chi connectivity index (χ3v) is 1.84. The number of carboxylic acids is 5. The molecule has 5 N–H and O–H groups in total. The fourth-order valence-electron chi connectivity index (χ4n) is 0.563. The van der Waals surface area contributed by atoms with E-state index in [0.717, 1.165) is 13.3 Å². The van der Waals surface area contributed by atoms with Crippen molar-refractivity contribution in [2.24, 2.45) is 11.8 Å². The monoisotopic (exact) mass is 412 g/mol. The van der Waals surface area contributed by atoms with Crippen molar-refractivity contribution in [2.45, 2.75) is 74.1 Å². The highest BCUT2D eigenvalue weighted by Gasteiger charge is 1.99. The Hall–Kier alpha value is -2.65. The third kappa shape index (κ3) is 109. The first-order valence-corrected chi connectivity index (χ1v) is 8.62. The molecule has 0 rings (SSSR count). The molecule has 0 atom stereocenters. The van der Waals surface area contributed by atoms with Crippen molar-refractivity contribution in [3.63, 3.8) is 0 Å². The number of hydrogen-bond acceptors (Lipinski definition) is 5. The normalized spacial score (nSPS) is 8.32. The summed E-state index contributed by atoms with van der Waals surface area (Å²) in [5, 5.41) is 39.1. The van der Waals surface area contributed by atoms with Gasteiger partial charge in [0.25, 0.3) is 5.97 Å². The van der Waals surface area contributed by atoms with E-state index in [2.05, 4.69) is 0 Å². The Morgan fingerprint density at radius 2 is 1.00 bits per heavy atom. The van der Waals surface area contributed by atoms with E-state index in [-0.39, 0.29) is 24.7 Å². The molecule has 0 aromatic rings. The maximum atomic E-state index is 9.81. The van der Waals surface area contributed by atoms with Gasteiger partial charge in [-0.2, -0.15) is 0 Å². The molecule has 0 aromatic heterocycles. The first-order chi connectivity index (χ1) is 12.5. The van der Waals surface area contributed by atoms with Gasteiger partial charge in [-0.25, -0.2) is 0 Å². The summed E-state index contributed by atoms with van der Waals surface area (Å²) >= 11 is 0. The molecule has 28 heavy (non-hydrogen) atoms. The summed E-state index contributed by atoms with van der Waals surface area (Å²) in [4.78, 5) is 47.5. The van der Waals surface area contributed by atoms with Crippen LogP contribution in [0.15, 0.2) is 0 Å². The Balaban J connectivity index is -0.0000000797. The molecule has 0 amide bonds. The van der Waals surface area contributed by atoms with Gasteiger partial charge in [-0.1, -0.05) is 41.5 Å².